The number of amides is 1. The van der Waals surface area contributed by atoms with Crippen LogP contribution in [0.4, 0.5) is 0 Å². The summed E-state index contributed by atoms with van der Waals surface area (Å²) < 4.78 is 0. The van der Waals surface area contributed by atoms with Gasteiger partial charge in [0.2, 0.25) is 5.91 Å². The summed E-state index contributed by atoms with van der Waals surface area (Å²) in [6.07, 6.45) is 1.79. The minimum atomic E-state index is 0.194. The van der Waals surface area contributed by atoms with E-state index in [1.807, 2.05) is 0 Å². The average Bonchev–Trinajstić information content (AvgIpc) is 2.04. The predicted molar refractivity (Wildman–Crippen MR) is 47.2 cm³/mol. The third-order valence-corrected chi connectivity index (χ3v) is 2.32. The van der Waals surface area contributed by atoms with Crippen molar-refractivity contribution in [3.63, 3.8) is 0 Å². The van der Waals surface area contributed by atoms with Crippen LogP contribution in [0.2, 0.25) is 0 Å². The molecule has 0 aromatic rings. The zero-order valence-electron chi connectivity index (χ0n) is 7.79. The molecule has 0 saturated carbocycles. The predicted octanol–water partition coefficient (Wildman–Crippen LogP) is -0.340. The van der Waals surface area contributed by atoms with Gasteiger partial charge in [-0.2, -0.15) is 0 Å². The summed E-state index contributed by atoms with van der Waals surface area (Å²) in [5, 5.41) is 1.78. The van der Waals surface area contributed by atoms with Crippen molar-refractivity contribution < 1.29 is 4.79 Å². The van der Waals surface area contributed by atoms with E-state index in [9.17, 15) is 4.79 Å². The van der Waals surface area contributed by atoms with Crippen molar-refractivity contribution in [1.82, 2.24) is 9.91 Å². The van der Waals surface area contributed by atoms with Crippen molar-refractivity contribution in [2.45, 2.75) is 12.8 Å². The van der Waals surface area contributed by atoms with Crippen molar-refractivity contribution in [2.75, 3.05) is 27.2 Å². The molecule has 1 fully saturated rings. The topological polar surface area (TPSA) is 49.6 Å². The fourth-order valence-corrected chi connectivity index (χ4v) is 1.51. The number of carbonyl (C=O) groups excluding carboxylic acids is 1. The van der Waals surface area contributed by atoms with Gasteiger partial charge in [0.25, 0.3) is 0 Å². The fourth-order valence-electron chi connectivity index (χ4n) is 1.51. The maximum Gasteiger partial charge on any atom is 0.225 e. The molecule has 1 amide bonds. The summed E-state index contributed by atoms with van der Waals surface area (Å²) >= 11 is 0. The molecule has 12 heavy (non-hydrogen) atoms. The van der Waals surface area contributed by atoms with Crippen LogP contribution in [0.5, 0.6) is 0 Å². The minimum absolute atomic E-state index is 0.194. The Morgan fingerprint density at radius 2 is 1.92 bits per heavy atom. The average molecular weight is 171 g/mol. The molecule has 1 heterocycles. The largest absolute Gasteiger partial charge is 0.349 e. The SMILES string of the molecule is CN(C)C(=O)C1CCN(N)CC1. The summed E-state index contributed by atoms with van der Waals surface area (Å²) in [7, 11) is 3.61. The molecule has 70 valence electrons. The highest BCUT2D eigenvalue weighted by Crippen LogP contribution is 2.16. The molecule has 0 radical (unpaired) electrons. The van der Waals surface area contributed by atoms with Gasteiger partial charge in [0, 0.05) is 33.1 Å². The highest BCUT2D eigenvalue weighted by molar-refractivity contribution is 5.78. The third-order valence-electron chi connectivity index (χ3n) is 2.32. The molecule has 0 aromatic heterocycles. The second kappa shape index (κ2) is 3.87. The second-order valence-corrected chi connectivity index (χ2v) is 3.54. The van der Waals surface area contributed by atoms with E-state index in [1.54, 1.807) is 24.0 Å². The molecule has 1 aliphatic heterocycles. The Morgan fingerprint density at radius 1 is 1.42 bits per heavy atom. The number of hydrazine groups is 1. The first-order chi connectivity index (χ1) is 5.61. The summed E-state index contributed by atoms with van der Waals surface area (Å²) in [5.41, 5.74) is 0. The third kappa shape index (κ3) is 2.19. The summed E-state index contributed by atoms with van der Waals surface area (Å²) in [5.74, 6) is 6.01. The molecule has 4 nitrogen and oxygen atoms in total. The van der Waals surface area contributed by atoms with Crippen molar-refractivity contribution >= 4 is 5.91 Å². The lowest BCUT2D eigenvalue weighted by atomic mass is 9.96. The normalized spacial score (nSPS) is 20.9. The van der Waals surface area contributed by atoms with E-state index in [0.717, 1.165) is 25.9 Å². The summed E-state index contributed by atoms with van der Waals surface area (Å²) in [6, 6.07) is 0. The molecule has 1 saturated heterocycles. The number of nitrogens with two attached hydrogens (primary N) is 1. The van der Waals surface area contributed by atoms with E-state index in [0.29, 0.717) is 0 Å². The van der Waals surface area contributed by atoms with Crippen LogP contribution in [0.1, 0.15) is 12.8 Å². The first-order valence-corrected chi connectivity index (χ1v) is 4.32. The van der Waals surface area contributed by atoms with E-state index in [1.165, 1.54) is 0 Å². The number of piperidine rings is 1. The van der Waals surface area contributed by atoms with E-state index < -0.39 is 0 Å². The molecule has 1 rings (SSSR count). The molecule has 0 unspecified atom stereocenters. The standard InChI is InChI=1S/C8H17N3O/c1-10(2)8(12)7-3-5-11(9)6-4-7/h7H,3-6,9H2,1-2H3. The lowest BCUT2D eigenvalue weighted by Crippen LogP contribution is -2.43. The van der Waals surface area contributed by atoms with Crippen LogP contribution in [0.3, 0.4) is 0 Å². The van der Waals surface area contributed by atoms with Crippen LogP contribution in [0, 0.1) is 5.92 Å². The summed E-state index contributed by atoms with van der Waals surface area (Å²) in [6.45, 7) is 1.68. The van der Waals surface area contributed by atoms with Crippen molar-refractivity contribution in [2.24, 2.45) is 11.8 Å². The quantitative estimate of drug-likeness (QED) is 0.549. The Labute approximate surface area is 73.3 Å². The first-order valence-electron chi connectivity index (χ1n) is 4.32. The van der Waals surface area contributed by atoms with Gasteiger partial charge in [-0.3, -0.25) is 10.6 Å². The first kappa shape index (κ1) is 9.48. The molecule has 1 aliphatic rings. The van der Waals surface area contributed by atoms with Gasteiger partial charge in [0.1, 0.15) is 0 Å². The van der Waals surface area contributed by atoms with Gasteiger partial charge >= 0.3 is 0 Å². The summed E-state index contributed by atoms with van der Waals surface area (Å²) in [4.78, 5) is 13.1. The van der Waals surface area contributed by atoms with Gasteiger partial charge < -0.3 is 4.90 Å². The Morgan fingerprint density at radius 3 is 2.33 bits per heavy atom. The van der Waals surface area contributed by atoms with Crippen LogP contribution in [-0.2, 0) is 4.79 Å². The van der Waals surface area contributed by atoms with Crippen LogP contribution in [-0.4, -0.2) is 43.0 Å². The van der Waals surface area contributed by atoms with Crippen molar-refractivity contribution in [3.05, 3.63) is 0 Å². The fraction of sp³-hybridized carbons (Fsp3) is 0.875. The lowest BCUT2D eigenvalue weighted by Gasteiger charge is -2.29. The maximum absolute atomic E-state index is 11.5. The van der Waals surface area contributed by atoms with Gasteiger partial charge in [-0.25, -0.2) is 5.01 Å². The molecule has 0 aromatic carbocycles. The van der Waals surface area contributed by atoms with E-state index in [-0.39, 0.29) is 11.8 Å². The Balaban J connectivity index is 2.39. The van der Waals surface area contributed by atoms with Crippen molar-refractivity contribution in [1.29, 1.82) is 0 Å². The van der Waals surface area contributed by atoms with Gasteiger partial charge in [0.15, 0.2) is 0 Å². The van der Waals surface area contributed by atoms with Gasteiger partial charge in [-0.15, -0.1) is 0 Å². The molecular formula is C8H17N3O. The number of hydrogen-bond acceptors (Lipinski definition) is 3. The highest BCUT2D eigenvalue weighted by atomic mass is 16.2. The Bertz CT molecular complexity index is 162. The molecule has 0 spiro atoms. The molecular weight excluding hydrogens is 154 g/mol. The van der Waals surface area contributed by atoms with Gasteiger partial charge in [0.05, 0.1) is 0 Å². The highest BCUT2D eigenvalue weighted by Gasteiger charge is 2.24. The molecule has 2 N–H and O–H groups in total. The number of hydrogen-bond donors (Lipinski definition) is 1. The molecule has 0 aliphatic carbocycles. The maximum atomic E-state index is 11.5. The van der Waals surface area contributed by atoms with E-state index >= 15 is 0 Å². The molecule has 0 bridgehead atoms. The number of nitrogens with zero attached hydrogens (tertiary/aromatic N) is 2. The Kier molecular flexibility index (Phi) is 3.05. The van der Waals surface area contributed by atoms with Crippen LogP contribution in [0.15, 0.2) is 0 Å². The smallest absolute Gasteiger partial charge is 0.225 e. The van der Waals surface area contributed by atoms with E-state index in [2.05, 4.69) is 0 Å². The number of rotatable bonds is 1. The van der Waals surface area contributed by atoms with Gasteiger partial charge in [-0.1, -0.05) is 0 Å². The number of carbonyl (C=O) groups is 1. The molecule has 0 atom stereocenters. The van der Waals surface area contributed by atoms with Crippen molar-refractivity contribution in [3.8, 4) is 0 Å². The lowest BCUT2D eigenvalue weighted by molar-refractivity contribution is -0.134. The van der Waals surface area contributed by atoms with E-state index in [4.69, 9.17) is 5.84 Å². The monoisotopic (exact) mass is 171 g/mol. The van der Waals surface area contributed by atoms with Gasteiger partial charge in [-0.05, 0) is 12.8 Å². The van der Waals surface area contributed by atoms with Crippen LogP contribution >= 0.6 is 0 Å². The van der Waals surface area contributed by atoms with Crippen LogP contribution in [0.25, 0.3) is 0 Å². The molecule has 4 heteroatoms. The zero-order valence-corrected chi connectivity index (χ0v) is 7.79. The minimum Gasteiger partial charge on any atom is -0.349 e. The second-order valence-electron chi connectivity index (χ2n) is 3.54. The Hall–Kier alpha value is -0.610. The van der Waals surface area contributed by atoms with Crippen LogP contribution < -0.4 is 5.84 Å². The zero-order chi connectivity index (χ0) is 9.14.